The van der Waals surface area contributed by atoms with E-state index in [1.807, 2.05) is 12.1 Å². The van der Waals surface area contributed by atoms with Crippen molar-refractivity contribution in [1.82, 2.24) is 4.98 Å². The van der Waals surface area contributed by atoms with Gasteiger partial charge in [-0.15, -0.1) is 0 Å². The number of nitrogens with two attached hydrogens (primary N) is 2. The van der Waals surface area contributed by atoms with Gasteiger partial charge in [-0.2, -0.15) is 4.98 Å². The zero-order chi connectivity index (χ0) is 17.3. The predicted molar refractivity (Wildman–Crippen MR) is 91.7 cm³/mol. The molecule has 1 unspecified atom stereocenters. The first-order valence-electron chi connectivity index (χ1n) is 7.12. The Labute approximate surface area is 147 Å². The van der Waals surface area contributed by atoms with E-state index in [1.165, 1.54) is 11.3 Å². The fraction of sp³-hybridized carbons (Fsp3) is 0.200. The molecule has 1 aromatic carbocycles. The highest BCUT2D eigenvalue weighted by Crippen LogP contribution is 2.46. The van der Waals surface area contributed by atoms with E-state index in [2.05, 4.69) is 10.4 Å². The summed E-state index contributed by atoms with van der Waals surface area (Å²) < 4.78 is 10.6. The third kappa shape index (κ3) is 2.91. The van der Waals surface area contributed by atoms with Crippen LogP contribution in [0.3, 0.4) is 0 Å². The molecule has 1 atom stereocenters. The second kappa shape index (κ2) is 6.68. The van der Waals surface area contributed by atoms with Gasteiger partial charge in [-0.1, -0.05) is 35.1 Å². The first kappa shape index (κ1) is 16.6. The van der Waals surface area contributed by atoms with E-state index in [1.54, 1.807) is 19.1 Å². The number of hydrogen-bond donors (Lipinski definition) is 3. The molecule has 0 spiro atoms. The van der Waals surface area contributed by atoms with Crippen LogP contribution in [-0.2, 0) is 9.53 Å². The number of hydrogen-bond acceptors (Lipinski definition) is 8. The summed E-state index contributed by atoms with van der Waals surface area (Å²) >= 11 is 7.25. The van der Waals surface area contributed by atoms with Gasteiger partial charge in [0.15, 0.2) is 0 Å². The van der Waals surface area contributed by atoms with Gasteiger partial charge >= 0.3 is 5.97 Å². The van der Waals surface area contributed by atoms with Gasteiger partial charge in [0.2, 0.25) is 16.9 Å². The number of carbonyl (C=O) groups is 1. The Hall–Kier alpha value is -2.29. The lowest BCUT2D eigenvalue weighted by Crippen LogP contribution is -2.26. The summed E-state index contributed by atoms with van der Waals surface area (Å²) in [5.41, 5.74) is 9.51. The Kier molecular flexibility index (Phi) is 4.61. The number of hydrazine groups is 1. The maximum atomic E-state index is 12.4. The third-order valence-corrected chi connectivity index (χ3v) is 4.75. The molecule has 0 aliphatic carbocycles. The molecule has 0 saturated carbocycles. The Bertz CT molecular complexity index is 804. The number of rotatable bonds is 4. The van der Waals surface area contributed by atoms with E-state index in [-0.39, 0.29) is 18.1 Å². The Morgan fingerprint density at radius 2 is 2.17 bits per heavy atom. The van der Waals surface area contributed by atoms with Crippen LogP contribution in [0.25, 0.3) is 0 Å². The van der Waals surface area contributed by atoms with Crippen LogP contribution in [-0.4, -0.2) is 17.6 Å². The molecule has 0 fully saturated rings. The number of ether oxygens (including phenoxy) is 2. The fourth-order valence-electron chi connectivity index (χ4n) is 2.47. The average molecular weight is 367 g/mol. The monoisotopic (exact) mass is 366 g/mol. The van der Waals surface area contributed by atoms with Gasteiger partial charge in [0, 0.05) is 5.02 Å². The van der Waals surface area contributed by atoms with Crippen molar-refractivity contribution < 1.29 is 14.3 Å². The summed E-state index contributed by atoms with van der Waals surface area (Å²) in [7, 11) is 0. The highest BCUT2D eigenvalue weighted by molar-refractivity contribution is 7.16. The normalized spacial score (nSPS) is 16.4. The molecule has 0 saturated heterocycles. The van der Waals surface area contributed by atoms with Crippen LogP contribution in [0.5, 0.6) is 5.88 Å². The number of nitrogens with one attached hydrogen (secondary N) is 1. The second-order valence-electron chi connectivity index (χ2n) is 4.92. The van der Waals surface area contributed by atoms with Crippen molar-refractivity contribution in [2.24, 2.45) is 11.6 Å². The first-order valence-corrected chi connectivity index (χ1v) is 8.32. The van der Waals surface area contributed by atoms with Crippen molar-refractivity contribution in [2.75, 3.05) is 12.0 Å². The standard InChI is InChI=1S/C15H15ClN4O3S/c1-2-22-14(21)10-9(7-3-5-8(16)6-4-7)11-13(23-12(10)17)19-15(20-18)24-11/h3-6,9H,2,17-18H2,1H3,(H,19,20). The number of aromatic nitrogens is 1. The predicted octanol–water partition coefficient (Wildman–Crippen LogP) is 2.34. The minimum atomic E-state index is -0.531. The quantitative estimate of drug-likeness (QED) is 0.432. The molecule has 9 heteroatoms. The number of carbonyl (C=O) groups excluding carboxylic acids is 1. The van der Waals surface area contributed by atoms with E-state index in [9.17, 15) is 4.79 Å². The topological polar surface area (TPSA) is 112 Å². The molecular formula is C15H15ClN4O3S. The summed E-state index contributed by atoms with van der Waals surface area (Å²) in [6.45, 7) is 1.96. The van der Waals surface area contributed by atoms with Gasteiger partial charge in [0.05, 0.1) is 17.4 Å². The largest absolute Gasteiger partial charge is 0.462 e. The van der Waals surface area contributed by atoms with Crippen molar-refractivity contribution >= 4 is 34.0 Å². The SMILES string of the molecule is CCOC(=O)C1=C(N)Oc2nc(NN)sc2C1c1ccc(Cl)cc1. The molecule has 0 amide bonds. The fourth-order valence-corrected chi connectivity index (χ4v) is 3.54. The highest BCUT2D eigenvalue weighted by atomic mass is 35.5. The maximum absolute atomic E-state index is 12.4. The molecule has 2 heterocycles. The van der Waals surface area contributed by atoms with Crippen molar-refractivity contribution in [3.05, 3.63) is 51.2 Å². The van der Waals surface area contributed by atoms with Crippen LogP contribution < -0.4 is 21.7 Å². The number of anilines is 1. The Morgan fingerprint density at radius 1 is 1.46 bits per heavy atom. The summed E-state index contributed by atoms with van der Waals surface area (Å²) in [6.07, 6.45) is 0. The van der Waals surface area contributed by atoms with Gasteiger partial charge in [-0.05, 0) is 24.6 Å². The Morgan fingerprint density at radius 3 is 2.79 bits per heavy atom. The second-order valence-corrected chi connectivity index (χ2v) is 6.38. The summed E-state index contributed by atoms with van der Waals surface area (Å²) in [6, 6.07) is 7.13. The minimum Gasteiger partial charge on any atom is -0.462 e. The third-order valence-electron chi connectivity index (χ3n) is 3.47. The van der Waals surface area contributed by atoms with Gasteiger partial charge in [-0.25, -0.2) is 10.6 Å². The van der Waals surface area contributed by atoms with Crippen LogP contribution in [0.15, 0.2) is 35.7 Å². The van der Waals surface area contributed by atoms with Crippen LogP contribution in [0, 0.1) is 0 Å². The van der Waals surface area contributed by atoms with E-state index >= 15 is 0 Å². The van der Waals surface area contributed by atoms with Crippen molar-refractivity contribution in [1.29, 1.82) is 0 Å². The molecule has 1 aromatic heterocycles. The molecule has 24 heavy (non-hydrogen) atoms. The molecule has 0 bridgehead atoms. The van der Waals surface area contributed by atoms with Crippen LogP contribution in [0.4, 0.5) is 5.13 Å². The number of benzene rings is 1. The zero-order valence-corrected chi connectivity index (χ0v) is 14.3. The van der Waals surface area contributed by atoms with Gasteiger partial charge in [-0.3, -0.25) is 5.43 Å². The Balaban J connectivity index is 2.15. The van der Waals surface area contributed by atoms with E-state index in [0.29, 0.717) is 20.9 Å². The molecule has 5 N–H and O–H groups in total. The number of halogens is 1. The van der Waals surface area contributed by atoms with Gasteiger partial charge in [0.25, 0.3) is 0 Å². The molecule has 3 rings (SSSR count). The van der Waals surface area contributed by atoms with Crippen LogP contribution >= 0.6 is 22.9 Å². The van der Waals surface area contributed by atoms with E-state index in [0.717, 1.165) is 5.56 Å². The molecule has 126 valence electrons. The number of nitrogens with zero attached hydrogens (tertiary/aromatic N) is 1. The number of nitrogen functional groups attached to an aromatic ring is 1. The van der Waals surface area contributed by atoms with Crippen molar-refractivity contribution in [3.8, 4) is 5.88 Å². The number of thiazole rings is 1. The van der Waals surface area contributed by atoms with Gasteiger partial charge < -0.3 is 15.2 Å². The molecule has 2 aromatic rings. The van der Waals surface area contributed by atoms with E-state index in [4.69, 9.17) is 32.7 Å². The maximum Gasteiger partial charge on any atom is 0.340 e. The molecule has 1 aliphatic heterocycles. The summed E-state index contributed by atoms with van der Waals surface area (Å²) in [5.74, 6) is 4.72. The van der Waals surface area contributed by atoms with E-state index < -0.39 is 11.9 Å². The summed E-state index contributed by atoms with van der Waals surface area (Å²) in [4.78, 5) is 17.4. The number of esters is 1. The average Bonchev–Trinajstić information content (AvgIpc) is 2.97. The van der Waals surface area contributed by atoms with Crippen LogP contribution in [0.2, 0.25) is 5.02 Å². The summed E-state index contributed by atoms with van der Waals surface area (Å²) in [5, 5.41) is 1.05. The minimum absolute atomic E-state index is 0.0326. The molecule has 1 aliphatic rings. The van der Waals surface area contributed by atoms with Crippen molar-refractivity contribution in [3.63, 3.8) is 0 Å². The lowest BCUT2D eigenvalue weighted by Gasteiger charge is -2.25. The smallest absolute Gasteiger partial charge is 0.340 e. The first-order chi connectivity index (χ1) is 11.5. The lowest BCUT2D eigenvalue weighted by atomic mass is 9.88. The number of fused-ring (bicyclic) bond motifs is 1. The molecule has 0 radical (unpaired) electrons. The van der Waals surface area contributed by atoms with Crippen LogP contribution in [0.1, 0.15) is 23.3 Å². The molecular weight excluding hydrogens is 352 g/mol. The van der Waals surface area contributed by atoms with Crippen molar-refractivity contribution in [2.45, 2.75) is 12.8 Å². The lowest BCUT2D eigenvalue weighted by molar-refractivity contribution is -0.139. The van der Waals surface area contributed by atoms with Gasteiger partial charge in [0.1, 0.15) is 5.57 Å². The highest BCUT2D eigenvalue weighted by Gasteiger charge is 2.38. The molecule has 7 nitrogen and oxygen atoms in total. The zero-order valence-electron chi connectivity index (χ0n) is 12.7.